The van der Waals surface area contributed by atoms with E-state index in [0.717, 1.165) is 22.6 Å². The molecule has 0 radical (unpaired) electrons. The van der Waals surface area contributed by atoms with E-state index in [1.54, 1.807) is 0 Å². The summed E-state index contributed by atoms with van der Waals surface area (Å²) in [5, 5.41) is 7.49. The van der Waals surface area contributed by atoms with Crippen LogP contribution in [0.25, 0.3) is 99.1 Å². The van der Waals surface area contributed by atoms with Crippen molar-refractivity contribution in [1.82, 2.24) is 0 Å². The van der Waals surface area contributed by atoms with Gasteiger partial charge in [0.05, 0.1) is 11.1 Å². The smallest absolute Gasteiger partial charge is 0.0726 e. The van der Waals surface area contributed by atoms with E-state index in [4.69, 9.17) is 0 Å². The van der Waals surface area contributed by atoms with Crippen molar-refractivity contribution in [3.8, 4) is 66.8 Å². The Morgan fingerprint density at radius 3 is 1.25 bits per heavy atom. The van der Waals surface area contributed by atoms with E-state index in [1.807, 2.05) is 0 Å². The van der Waals surface area contributed by atoms with Gasteiger partial charge in [0.1, 0.15) is 0 Å². The second kappa shape index (κ2) is 16.5. The first-order valence-electron chi connectivity index (χ1n) is 27.1. The minimum Gasteiger partial charge on any atom is -0.310 e. The minimum absolute atomic E-state index is 0.138. The Kier molecular flexibility index (Phi) is 9.37. The van der Waals surface area contributed by atoms with Crippen LogP contribution in [0.4, 0.5) is 17.1 Å². The number of hydrogen-bond acceptors (Lipinski definition) is 1. The molecule has 13 aromatic carbocycles. The Labute approximate surface area is 449 Å². The molecule has 0 saturated heterocycles. The average Bonchev–Trinajstić information content (AvgIpc) is 4.28. The van der Waals surface area contributed by atoms with Crippen molar-refractivity contribution in [3.63, 3.8) is 0 Å². The van der Waals surface area contributed by atoms with Crippen LogP contribution >= 0.6 is 0 Å². The Balaban J connectivity index is 0.989. The van der Waals surface area contributed by atoms with E-state index in [2.05, 4.69) is 292 Å². The maximum atomic E-state index is 2.59. The number of hydrogen-bond donors (Lipinski definition) is 0. The zero-order valence-electron chi connectivity index (χ0n) is 42.9. The van der Waals surface area contributed by atoms with Crippen molar-refractivity contribution < 1.29 is 0 Å². The van der Waals surface area contributed by atoms with Crippen molar-refractivity contribution in [2.24, 2.45) is 0 Å². The van der Waals surface area contributed by atoms with Crippen LogP contribution in [0.15, 0.2) is 273 Å². The molecule has 0 amide bonds. The molecule has 1 heteroatoms. The van der Waals surface area contributed by atoms with Crippen molar-refractivity contribution in [2.45, 2.75) is 24.7 Å². The summed E-state index contributed by atoms with van der Waals surface area (Å²) < 4.78 is 0. The van der Waals surface area contributed by atoms with Crippen LogP contribution in [0.5, 0.6) is 0 Å². The van der Waals surface area contributed by atoms with Gasteiger partial charge in [0.25, 0.3) is 0 Å². The van der Waals surface area contributed by atoms with Crippen LogP contribution in [0.1, 0.15) is 47.2 Å². The maximum Gasteiger partial charge on any atom is 0.0726 e. The molecule has 0 fully saturated rings. The SMILES string of the molecule is CC1(C)c2ccccc2-c2cc(N(c3ccc4c(c3)C3(c5ccccc5-c5ccccc53)c3ccccc3-4)c3cc4c5ccccc5c5ccccc5c4cc3-c3ccc(-c4cccc(-c5ccccc5)c4)cc3)ccc21. The van der Waals surface area contributed by atoms with Crippen molar-refractivity contribution >= 4 is 49.4 Å². The fourth-order valence-electron chi connectivity index (χ4n) is 14.2. The van der Waals surface area contributed by atoms with Gasteiger partial charge in [-0.05, 0) is 169 Å². The molecule has 360 valence electrons. The topological polar surface area (TPSA) is 3.24 Å². The van der Waals surface area contributed by atoms with Gasteiger partial charge >= 0.3 is 0 Å². The van der Waals surface area contributed by atoms with Crippen molar-refractivity contribution in [1.29, 1.82) is 0 Å². The summed E-state index contributed by atoms with van der Waals surface area (Å²) in [5.41, 5.74) is 25.7. The lowest BCUT2D eigenvalue weighted by atomic mass is 9.70. The molecule has 3 aliphatic rings. The van der Waals surface area contributed by atoms with Crippen molar-refractivity contribution in [2.75, 3.05) is 4.90 Å². The zero-order valence-corrected chi connectivity index (χ0v) is 42.9. The number of fused-ring (bicyclic) bond motifs is 19. The van der Waals surface area contributed by atoms with Gasteiger partial charge in [-0.3, -0.25) is 0 Å². The average molecular weight is 978 g/mol. The molecule has 0 N–H and O–H groups in total. The second-order valence-electron chi connectivity index (χ2n) is 21.9. The third-order valence-corrected chi connectivity index (χ3v) is 17.7. The number of benzene rings is 13. The van der Waals surface area contributed by atoms with E-state index < -0.39 is 5.41 Å². The fraction of sp³-hybridized carbons (Fsp3) is 0.0526. The molecule has 0 aliphatic heterocycles. The van der Waals surface area contributed by atoms with Gasteiger partial charge in [-0.2, -0.15) is 0 Å². The predicted octanol–water partition coefficient (Wildman–Crippen LogP) is 20.3. The molecule has 0 bridgehead atoms. The quantitative estimate of drug-likeness (QED) is 0.150. The summed E-state index contributed by atoms with van der Waals surface area (Å²) in [6.45, 7) is 4.75. The van der Waals surface area contributed by atoms with Crippen LogP contribution < -0.4 is 4.90 Å². The van der Waals surface area contributed by atoms with E-state index in [-0.39, 0.29) is 5.41 Å². The summed E-state index contributed by atoms with van der Waals surface area (Å²) in [5.74, 6) is 0. The minimum atomic E-state index is -0.503. The summed E-state index contributed by atoms with van der Waals surface area (Å²) in [7, 11) is 0. The highest BCUT2D eigenvalue weighted by Crippen LogP contribution is 2.64. The van der Waals surface area contributed by atoms with Gasteiger partial charge in [-0.25, -0.2) is 0 Å². The van der Waals surface area contributed by atoms with Crippen molar-refractivity contribution in [3.05, 3.63) is 306 Å². The molecule has 0 aromatic heterocycles. The van der Waals surface area contributed by atoms with Crippen LogP contribution in [0, 0.1) is 0 Å². The largest absolute Gasteiger partial charge is 0.310 e. The molecule has 13 aromatic rings. The van der Waals surface area contributed by atoms with Crippen LogP contribution in [0.2, 0.25) is 0 Å². The van der Waals surface area contributed by atoms with E-state index in [9.17, 15) is 0 Å². The van der Waals surface area contributed by atoms with E-state index in [0.29, 0.717) is 0 Å². The molecule has 0 unspecified atom stereocenters. The lowest BCUT2D eigenvalue weighted by Gasteiger charge is -2.33. The number of rotatable bonds is 6. The molecule has 1 nitrogen and oxygen atoms in total. The normalized spacial score (nSPS) is 13.8. The third kappa shape index (κ3) is 6.23. The molecular weight excluding hydrogens is 927 g/mol. The monoisotopic (exact) mass is 977 g/mol. The maximum absolute atomic E-state index is 2.59. The summed E-state index contributed by atoms with van der Waals surface area (Å²) in [6.07, 6.45) is 0. The highest BCUT2D eigenvalue weighted by molar-refractivity contribution is 6.27. The summed E-state index contributed by atoms with van der Waals surface area (Å²) >= 11 is 0. The predicted molar refractivity (Wildman–Crippen MR) is 324 cm³/mol. The van der Waals surface area contributed by atoms with E-state index in [1.165, 1.54) is 127 Å². The van der Waals surface area contributed by atoms with Crippen LogP contribution in [-0.2, 0) is 10.8 Å². The molecule has 77 heavy (non-hydrogen) atoms. The molecule has 1 spiro atoms. The summed E-state index contributed by atoms with van der Waals surface area (Å²) in [4.78, 5) is 2.59. The lowest BCUT2D eigenvalue weighted by Crippen LogP contribution is -2.26. The number of anilines is 3. The highest BCUT2D eigenvalue weighted by atomic mass is 15.1. The fourth-order valence-corrected chi connectivity index (χ4v) is 14.2. The lowest BCUT2D eigenvalue weighted by molar-refractivity contribution is 0.660. The number of nitrogens with zero attached hydrogens (tertiary/aromatic N) is 1. The Bertz CT molecular complexity index is 4530. The molecular formula is C76H51N. The molecule has 0 saturated carbocycles. The van der Waals surface area contributed by atoms with Crippen LogP contribution in [-0.4, -0.2) is 0 Å². The Morgan fingerprint density at radius 1 is 0.234 bits per heavy atom. The first-order valence-corrected chi connectivity index (χ1v) is 27.1. The highest BCUT2D eigenvalue weighted by Gasteiger charge is 2.51. The van der Waals surface area contributed by atoms with Gasteiger partial charge in [0.2, 0.25) is 0 Å². The van der Waals surface area contributed by atoms with Crippen LogP contribution in [0.3, 0.4) is 0 Å². The third-order valence-electron chi connectivity index (χ3n) is 17.7. The van der Waals surface area contributed by atoms with Gasteiger partial charge < -0.3 is 4.90 Å². The molecule has 3 aliphatic carbocycles. The first-order chi connectivity index (χ1) is 37.9. The van der Waals surface area contributed by atoms with Gasteiger partial charge in [-0.15, -0.1) is 0 Å². The molecule has 0 atom stereocenters. The van der Waals surface area contributed by atoms with Gasteiger partial charge in [-0.1, -0.05) is 244 Å². The van der Waals surface area contributed by atoms with E-state index >= 15 is 0 Å². The Morgan fingerprint density at radius 2 is 0.649 bits per heavy atom. The molecule has 16 rings (SSSR count). The van der Waals surface area contributed by atoms with Gasteiger partial charge in [0.15, 0.2) is 0 Å². The first kappa shape index (κ1) is 43.8. The molecule has 0 heterocycles. The Hall–Kier alpha value is -9.56. The summed E-state index contributed by atoms with van der Waals surface area (Å²) in [6, 6.07) is 103. The standard InChI is InChI=1S/C76H51N/c1-75(2)68-31-14-10-30-62(68)67-44-53(40-42-69(67)75)77(54-39-41-63-61-29-13-17-34-72(61)76(73(63)45-54)70-32-15-11-27-59(70)60-28-12-16-33-71(60)76)74-47-66-58-26-9-7-24-56(58)55-23-6-8-25-57(55)65(66)46-64(74)50-37-35-49(36-38-50)52-22-18-21-51(43-52)48-19-4-3-5-20-48/h3-47H,1-2H3. The van der Waals surface area contributed by atoms with Gasteiger partial charge in [0, 0.05) is 22.4 Å². The second-order valence-corrected chi connectivity index (χ2v) is 21.9. The zero-order chi connectivity index (χ0) is 51.0.